The minimum Gasteiger partial charge on any atom is -0.382 e. The molecule has 35 heavy (non-hydrogen) atoms. The first-order valence-corrected chi connectivity index (χ1v) is 12.1. The summed E-state index contributed by atoms with van der Waals surface area (Å²) in [5.74, 6) is -0.741. The van der Waals surface area contributed by atoms with Gasteiger partial charge in [-0.05, 0) is 19.9 Å². The summed E-state index contributed by atoms with van der Waals surface area (Å²) < 4.78 is 47.5. The van der Waals surface area contributed by atoms with E-state index in [2.05, 4.69) is 15.0 Å². The summed E-state index contributed by atoms with van der Waals surface area (Å²) in [6.45, 7) is 3.36. The van der Waals surface area contributed by atoms with Gasteiger partial charge in [0.1, 0.15) is 30.2 Å². The topological polar surface area (TPSA) is 178 Å². The highest BCUT2D eigenvalue weighted by Gasteiger charge is 2.56. The smallest absolute Gasteiger partial charge is 0.289 e. The van der Waals surface area contributed by atoms with Gasteiger partial charge >= 0.3 is 0 Å². The molecule has 0 aliphatic carbocycles. The molecule has 0 unspecified atom stereocenters. The van der Waals surface area contributed by atoms with E-state index in [0.29, 0.717) is 11.2 Å². The number of imidazole rings is 1. The summed E-state index contributed by atoms with van der Waals surface area (Å²) in [4.78, 5) is 22.7. The molecule has 2 aromatic heterocycles. The first-order chi connectivity index (χ1) is 16.5. The molecule has 4 atom stereocenters. The zero-order valence-electron chi connectivity index (χ0n) is 19.0. The first-order valence-electron chi connectivity index (χ1n) is 10.6. The number of aromatic nitrogens is 4. The van der Waals surface area contributed by atoms with E-state index >= 15 is 0 Å². The van der Waals surface area contributed by atoms with Crippen molar-refractivity contribution < 1.29 is 27.6 Å². The Labute approximate surface area is 199 Å². The highest BCUT2D eigenvalue weighted by atomic mass is 32.2. The number of sulfonamides is 1. The van der Waals surface area contributed by atoms with Crippen LogP contribution in [0.1, 0.15) is 20.1 Å². The van der Waals surface area contributed by atoms with Crippen molar-refractivity contribution in [3.8, 4) is 0 Å². The molecule has 15 heteroatoms. The average molecular weight is 506 g/mol. The minimum absolute atomic E-state index is 0.144. The molecule has 186 valence electrons. The number of anilines is 1. The van der Waals surface area contributed by atoms with Crippen molar-refractivity contribution in [1.82, 2.24) is 23.8 Å². The molecule has 0 spiro atoms. The van der Waals surface area contributed by atoms with E-state index in [0.717, 1.165) is 10.4 Å². The molecule has 2 aliphatic heterocycles. The van der Waals surface area contributed by atoms with E-state index in [9.17, 15) is 18.5 Å². The Morgan fingerprint density at radius 3 is 2.66 bits per heavy atom. The van der Waals surface area contributed by atoms with E-state index in [4.69, 9.17) is 19.9 Å². The van der Waals surface area contributed by atoms with Gasteiger partial charge in [0.2, 0.25) is 10.0 Å². The Kier molecular flexibility index (Phi) is 5.48. The van der Waals surface area contributed by atoms with E-state index < -0.39 is 55.9 Å². The second-order valence-electron chi connectivity index (χ2n) is 8.72. The van der Waals surface area contributed by atoms with Gasteiger partial charge in [-0.2, -0.15) is 4.31 Å². The number of nitro groups is 1. The van der Waals surface area contributed by atoms with Gasteiger partial charge in [0.25, 0.3) is 5.69 Å². The van der Waals surface area contributed by atoms with E-state index in [1.807, 2.05) is 0 Å². The second-order valence-corrected chi connectivity index (χ2v) is 10.7. The average Bonchev–Trinajstić information content (AvgIpc) is 3.46. The molecule has 0 bridgehead atoms. The van der Waals surface area contributed by atoms with Gasteiger partial charge in [0, 0.05) is 19.7 Å². The highest BCUT2D eigenvalue weighted by molar-refractivity contribution is 7.89. The maximum atomic E-state index is 13.2. The first kappa shape index (κ1) is 23.5. The predicted molar refractivity (Wildman–Crippen MR) is 120 cm³/mol. The number of likely N-dealkylation sites (N-methyl/N-ethyl adjacent to an activating group) is 1. The van der Waals surface area contributed by atoms with Crippen LogP contribution in [0.25, 0.3) is 11.2 Å². The maximum Gasteiger partial charge on any atom is 0.289 e. The van der Waals surface area contributed by atoms with Crippen LogP contribution in [0.15, 0.2) is 41.8 Å². The lowest BCUT2D eigenvalue weighted by molar-refractivity contribution is -0.387. The number of nitrogens with two attached hydrogens (primary N) is 1. The molecule has 14 nitrogen and oxygen atoms in total. The number of para-hydroxylation sites is 1. The van der Waals surface area contributed by atoms with Gasteiger partial charge in [-0.3, -0.25) is 14.7 Å². The quantitative estimate of drug-likeness (QED) is 0.374. The molecule has 5 rings (SSSR count). The molecule has 0 saturated carbocycles. The van der Waals surface area contributed by atoms with Crippen LogP contribution in [-0.4, -0.2) is 74.9 Å². The SMILES string of the molecule is CN(C[C@H]1O[C@@H](n2cnc3c(N)ncnc32)[C@@H]2OC(C)(C)O[C@@H]21)S(=O)(=O)c1ccccc1[N+](=O)[O-]. The molecular weight excluding hydrogens is 482 g/mol. The molecular formula is C20H23N7O7S. The lowest BCUT2D eigenvalue weighted by atomic mass is 10.1. The van der Waals surface area contributed by atoms with Crippen molar-refractivity contribution >= 4 is 32.7 Å². The van der Waals surface area contributed by atoms with Crippen LogP contribution in [0.4, 0.5) is 11.5 Å². The zero-order valence-corrected chi connectivity index (χ0v) is 19.8. The lowest BCUT2D eigenvalue weighted by Crippen LogP contribution is -2.41. The molecule has 1 aromatic carbocycles. The van der Waals surface area contributed by atoms with E-state index in [1.54, 1.807) is 18.4 Å². The van der Waals surface area contributed by atoms with Crippen LogP contribution >= 0.6 is 0 Å². The van der Waals surface area contributed by atoms with Crippen molar-refractivity contribution in [2.24, 2.45) is 0 Å². The fraction of sp³-hybridized carbons (Fsp3) is 0.450. The maximum absolute atomic E-state index is 13.2. The fourth-order valence-electron chi connectivity index (χ4n) is 4.43. The van der Waals surface area contributed by atoms with Crippen LogP contribution in [0.3, 0.4) is 0 Å². The number of nitrogen functional groups attached to an aromatic ring is 1. The Bertz CT molecular complexity index is 1410. The molecule has 0 radical (unpaired) electrons. The second kappa shape index (κ2) is 8.17. The molecule has 4 heterocycles. The number of rotatable bonds is 6. The minimum atomic E-state index is -4.21. The van der Waals surface area contributed by atoms with Crippen LogP contribution in [-0.2, 0) is 24.2 Å². The monoisotopic (exact) mass is 505 g/mol. The number of fused-ring (bicyclic) bond motifs is 2. The summed E-state index contributed by atoms with van der Waals surface area (Å²) in [5, 5.41) is 11.4. The third-order valence-corrected chi connectivity index (χ3v) is 7.84. The summed E-state index contributed by atoms with van der Waals surface area (Å²) in [6, 6.07) is 5.18. The van der Waals surface area contributed by atoms with Crippen LogP contribution < -0.4 is 5.73 Å². The van der Waals surface area contributed by atoms with Crippen molar-refractivity contribution in [1.29, 1.82) is 0 Å². The Balaban J connectivity index is 1.46. The van der Waals surface area contributed by atoms with Gasteiger partial charge in [-0.1, -0.05) is 12.1 Å². The third kappa shape index (κ3) is 3.90. The van der Waals surface area contributed by atoms with Crippen LogP contribution in [0, 0.1) is 10.1 Å². The van der Waals surface area contributed by atoms with Gasteiger partial charge in [0.05, 0.1) is 11.3 Å². The number of hydrogen-bond acceptors (Lipinski definition) is 11. The van der Waals surface area contributed by atoms with Gasteiger partial charge in [0.15, 0.2) is 28.4 Å². The van der Waals surface area contributed by atoms with E-state index in [1.165, 1.54) is 37.9 Å². The molecule has 2 fully saturated rings. The predicted octanol–water partition coefficient (Wildman–Crippen LogP) is 1.05. The van der Waals surface area contributed by atoms with Crippen molar-refractivity contribution in [2.75, 3.05) is 19.3 Å². The summed E-state index contributed by atoms with van der Waals surface area (Å²) in [7, 11) is -2.88. The molecule has 0 amide bonds. The third-order valence-electron chi connectivity index (χ3n) is 5.97. The standard InChI is InChI=1S/C20H23N7O7S/c1-20(2)33-15-12(8-25(3)35(30,31)13-7-5-4-6-11(13)27(28)29)32-19(16(15)34-20)26-10-24-14-17(21)22-9-23-18(14)26/h4-7,9-10,12,15-16,19H,8H2,1-3H3,(H2,21,22,23)/t12-,15-,16-,19-/m1/s1. The van der Waals surface area contributed by atoms with Crippen LogP contribution in [0.2, 0.25) is 0 Å². The number of hydrogen-bond donors (Lipinski definition) is 1. The van der Waals surface area contributed by atoms with Crippen molar-refractivity contribution in [3.63, 3.8) is 0 Å². The summed E-state index contributed by atoms with van der Waals surface area (Å²) in [5.41, 5.74) is 6.22. The number of ether oxygens (including phenoxy) is 3. The lowest BCUT2D eigenvalue weighted by Gasteiger charge is -2.26. The number of nitro benzene ring substituents is 1. The van der Waals surface area contributed by atoms with Gasteiger partial charge < -0.3 is 19.9 Å². The van der Waals surface area contributed by atoms with E-state index in [-0.39, 0.29) is 12.4 Å². The Morgan fingerprint density at radius 2 is 1.91 bits per heavy atom. The Hall–Kier alpha value is -3.24. The van der Waals surface area contributed by atoms with Crippen molar-refractivity contribution in [2.45, 2.75) is 49.1 Å². The Morgan fingerprint density at radius 1 is 1.20 bits per heavy atom. The number of benzene rings is 1. The van der Waals surface area contributed by atoms with Crippen molar-refractivity contribution in [3.05, 3.63) is 47.0 Å². The molecule has 2 aliphatic rings. The summed E-state index contributed by atoms with van der Waals surface area (Å²) >= 11 is 0. The van der Waals surface area contributed by atoms with Crippen LogP contribution in [0.5, 0.6) is 0 Å². The molecule has 2 saturated heterocycles. The normalized spacial score (nSPS) is 25.8. The zero-order chi connectivity index (χ0) is 25.1. The highest BCUT2D eigenvalue weighted by Crippen LogP contribution is 2.44. The summed E-state index contributed by atoms with van der Waals surface area (Å²) in [6.07, 6.45) is 0.0745. The molecule has 2 N–H and O–H groups in total. The largest absolute Gasteiger partial charge is 0.382 e. The fourth-order valence-corrected chi connectivity index (χ4v) is 5.77. The van der Waals surface area contributed by atoms with Gasteiger partial charge in [-0.25, -0.2) is 23.4 Å². The van der Waals surface area contributed by atoms with Gasteiger partial charge in [-0.15, -0.1) is 0 Å². The molecule has 3 aromatic rings. The number of nitrogens with zero attached hydrogens (tertiary/aromatic N) is 6.